The van der Waals surface area contributed by atoms with Crippen molar-refractivity contribution < 1.29 is 14.3 Å². The monoisotopic (exact) mass is 466 g/mol. The van der Waals surface area contributed by atoms with E-state index in [-0.39, 0.29) is 18.4 Å². The van der Waals surface area contributed by atoms with Crippen LogP contribution < -0.4 is 15.4 Å². The number of aryl methyl sites for hydroxylation is 2. The number of ether oxygens (including phenoxy) is 1. The van der Waals surface area contributed by atoms with Gasteiger partial charge in [0, 0.05) is 22.3 Å². The maximum absolute atomic E-state index is 12.3. The highest BCUT2D eigenvalue weighted by molar-refractivity contribution is 9.10. The predicted molar refractivity (Wildman–Crippen MR) is 122 cm³/mol. The molecule has 30 heavy (non-hydrogen) atoms. The highest BCUT2D eigenvalue weighted by Crippen LogP contribution is 2.27. The first-order chi connectivity index (χ1) is 14.4. The molecule has 0 saturated carbocycles. The summed E-state index contributed by atoms with van der Waals surface area (Å²) < 4.78 is 6.67. The lowest BCUT2D eigenvalue weighted by atomic mass is 10.1. The van der Waals surface area contributed by atoms with Crippen LogP contribution in [-0.2, 0) is 11.3 Å². The molecule has 3 aromatic rings. The molecule has 0 spiro atoms. The van der Waals surface area contributed by atoms with Crippen LogP contribution in [0, 0.1) is 13.8 Å². The highest BCUT2D eigenvalue weighted by Gasteiger charge is 2.10. The van der Waals surface area contributed by atoms with Crippen LogP contribution in [0.2, 0.25) is 0 Å². The molecule has 154 valence electrons. The van der Waals surface area contributed by atoms with Crippen molar-refractivity contribution in [2.24, 2.45) is 0 Å². The van der Waals surface area contributed by atoms with E-state index in [4.69, 9.17) is 4.74 Å². The van der Waals surface area contributed by atoms with Gasteiger partial charge >= 0.3 is 0 Å². The number of anilines is 1. The van der Waals surface area contributed by atoms with E-state index < -0.39 is 0 Å². The average Bonchev–Trinajstić information content (AvgIpc) is 2.72. The number of halogens is 1. The minimum atomic E-state index is -0.266. The summed E-state index contributed by atoms with van der Waals surface area (Å²) in [4.78, 5) is 24.5. The largest absolute Gasteiger partial charge is 0.483 e. The zero-order valence-electron chi connectivity index (χ0n) is 16.9. The summed E-state index contributed by atoms with van der Waals surface area (Å²) >= 11 is 3.45. The molecule has 5 nitrogen and oxygen atoms in total. The molecular weight excluding hydrogens is 444 g/mol. The average molecular weight is 467 g/mol. The Balaban J connectivity index is 1.51. The maximum Gasteiger partial charge on any atom is 0.262 e. The normalized spacial score (nSPS) is 10.4. The first kappa shape index (κ1) is 21.6. The molecule has 3 aromatic carbocycles. The van der Waals surface area contributed by atoms with Gasteiger partial charge in [0.2, 0.25) is 0 Å². The van der Waals surface area contributed by atoms with Crippen molar-refractivity contribution in [2.75, 3.05) is 11.9 Å². The molecule has 0 radical (unpaired) electrons. The second kappa shape index (κ2) is 10.1. The van der Waals surface area contributed by atoms with Gasteiger partial charge in [0.15, 0.2) is 6.61 Å². The van der Waals surface area contributed by atoms with Crippen LogP contribution in [0.1, 0.15) is 27.0 Å². The second-order valence-electron chi connectivity index (χ2n) is 6.95. The van der Waals surface area contributed by atoms with Crippen LogP contribution in [0.4, 0.5) is 5.69 Å². The van der Waals surface area contributed by atoms with E-state index in [0.29, 0.717) is 23.5 Å². The Bertz CT molecular complexity index is 1010. The highest BCUT2D eigenvalue weighted by atomic mass is 79.9. The van der Waals surface area contributed by atoms with Crippen LogP contribution in [0.15, 0.2) is 71.2 Å². The summed E-state index contributed by atoms with van der Waals surface area (Å²) in [5.41, 5.74) is 4.08. The SMILES string of the molecule is Cc1cc(Br)cc(C)c1OCC(=O)Nc1ccc(C(=O)NCc2ccccc2)cc1. The predicted octanol–water partition coefficient (Wildman–Crippen LogP) is 5.01. The molecule has 0 unspecified atom stereocenters. The van der Waals surface area contributed by atoms with Gasteiger partial charge in [-0.25, -0.2) is 0 Å². The van der Waals surface area contributed by atoms with Crippen molar-refractivity contribution >= 4 is 33.4 Å². The maximum atomic E-state index is 12.3. The second-order valence-corrected chi connectivity index (χ2v) is 7.87. The molecule has 0 bridgehead atoms. The van der Waals surface area contributed by atoms with E-state index in [1.807, 2.05) is 56.3 Å². The lowest BCUT2D eigenvalue weighted by Crippen LogP contribution is -2.23. The molecule has 0 aliphatic rings. The molecule has 0 aliphatic carbocycles. The van der Waals surface area contributed by atoms with Gasteiger partial charge in [-0.3, -0.25) is 9.59 Å². The number of nitrogens with one attached hydrogen (secondary N) is 2. The van der Waals surface area contributed by atoms with E-state index in [9.17, 15) is 9.59 Å². The fraction of sp³-hybridized carbons (Fsp3) is 0.167. The Morgan fingerprint density at radius 3 is 2.20 bits per heavy atom. The number of hydrogen-bond acceptors (Lipinski definition) is 3. The first-order valence-corrected chi connectivity index (χ1v) is 10.3. The topological polar surface area (TPSA) is 67.4 Å². The van der Waals surface area contributed by atoms with Crippen LogP contribution in [0.25, 0.3) is 0 Å². The van der Waals surface area contributed by atoms with Crippen LogP contribution in [-0.4, -0.2) is 18.4 Å². The molecule has 0 saturated heterocycles. The van der Waals surface area contributed by atoms with Crippen molar-refractivity contribution in [1.29, 1.82) is 0 Å². The van der Waals surface area contributed by atoms with Crippen molar-refractivity contribution in [3.05, 3.63) is 93.5 Å². The molecule has 6 heteroatoms. The van der Waals surface area contributed by atoms with Gasteiger partial charge in [0.25, 0.3) is 11.8 Å². The first-order valence-electron chi connectivity index (χ1n) is 9.54. The summed E-state index contributed by atoms with van der Waals surface area (Å²) in [5, 5.41) is 5.66. The van der Waals surface area contributed by atoms with E-state index >= 15 is 0 Å². The Hall–Kier alpha value is -3.12. The third kappa shape index (κ3) is 5.94. The molecule has 2 amide bonds. The van der Waals surface area contributed by atoms with Crippen LogP contribution >= 0.6 is 15.9 Å². The van der Waals surface area contributed by atoms with Crippen molar-refractivity contribution in [3.63, 3.8) is 0 Å². The molecular formula is C24H23BrN2O3. The Morgan fingerprint density at radius 1 is 0.933 bits per heavy atom. The third-order valence-corrected chi connectivity index (χ3v) is 4.96. The quantitative estimate of drug-likeness (QED) is 0.513. The fourth-order valence-corrected chi connectivity index (χ4v) is 3.73. The smallest absolute Gasteiger partial charge is 0.262 e. The van der Waals surface area contributed by atoms with E-state index in [0.717, 1.165) is 21.2 Å². The fourth-order valence-electron chi connectivity index (χ4n) is 3.05. The van der Waals surface area contributed by atoms with E-state index in [1.165, 1.54) is 0 Å². The third-order valence-electron chi connectivity index (χ3n) is 4.50. The Kier molecular flexibility index (Phi) is 7.25. The molecule has 0 fully saturated rings. The lowest BCUT2D eigenvalue weighted by Gasteiger charge is -2.13. The zero-order valence-corrected chi connectivity index (χ0v) is 18.5. The summed E-state index contributed by atoms with van der Waals surface area (Å²) in [7, 11) is 0. The molecule has 0 aliphatic heterocycles. The summed E-state index contributed by atoms with van der Waals surface area (Å²) in [5.74, 6) is 0.276. The van der Waals surface area contributed by atoms with Crippen molar-refractivity contribution in [1.82, 2.24) is 5.32 Å². The van der Waals surface area contributed by atoms with Gasteiger partial charge in [-0.1, -0.05) is 46.3 Å². The van der Waals surface area contributed by atoms with E-state index in [1.54, 1.807) is 24.3 Å². The minimum absolute atomic E-state index is 0.0946. The number of rotatable bonds is 7. The van der Waals surface area contributed by atoms with Crippen molar-refractivity contribution in [3.8, 4) is 5.75 Å². The van der Waals surface area contributed by atoms with Crippen molar-refractivity contribution in [2.45, 2.75) is 20.4 Å². The van der Waals surface area contributed by atoms with Gasteiger partial charge in [0.1, 0.15) is 5.75 Å². The van der Waals surface area contributed by atoms with Crippen LogP contribution in [0.5, 0.6) is 5.75 Å². The van der Waals surface area contributed by atoms with Gasteiger partial charge in [-0.15, -0.1) is 0 Å². The zero-order chi connectivity index (χ0) is 21.5. The molecule has 3 rings (SSSR count). The minimum Gasteiger partial charge on any atom is -0.483 e. The molecule has 0 atom stereocenters. The number of hydrogen-bond donors (Lipinski definition) is 2. The van der Waals surface area contributed by atoms with Gasteiger partial charge in [0.05, 0.1) is 0 Å². The van der Waals surface area contributed by atoms with E-state index in [2.05, 4.69) is 26.6 Å². The van der Waals surface area contributed by atoms with Gasteiger partial charge < -0.3 is 15.4 Å². The number of amides is 2. The standard InChI is InChI=1S/C24H23BrN2O3/c1-16-12-20(25)13-17(2)23(16)30-15-22(28)27-21-10-8-19(9-11-21)24(29)26-14-18-6-4-3-5-7-18/h3-13H,14-15H2,1-2H3,(H,26,29)(H,27,28). The van der Waals surface area contributed by atoms with Crippen LogP contribution in [0.3, 0.4) is 0 Å². The Labute approximate surface area is 184 Å². The number of carbonyl (C=O) groups excluding carboxylic acids is 2. The molecule has 0 heterocycles. The molecule has 0 aromatic heterocycles. The number of carbonyl (C=O) groups is 2. The molecule has 2 N–H and O–H groups in total. The lowest BCUT2D eigenvalue weighted by molar-refractivity contribution is -0.118. The summed E-state index contributed by atoms with van der Waals surface area (Å²) in [6, 6.07) is 20.4. The Morgan fingerprint density at radius 2 is 1.57 bits per heavy atom. The summed E-state index contributed by atoms with van der Waals surface area (Å²) in [6.07, 6.45) is 0. The number of benzene rings is 3. The summed E-state index contributed by atoms with van der Waals surface area (Å²) in [6.45, 7) is 4.24. The van der Waals surface area contributed by atoms with Gasteiger partial charge in [-0.2, -0.15) is 0 Å². The van der Waals surface area contributed by atoms with Gasteiger partial charge in [-0.05, 0) is 66.9 Å².